The van der Waals surface area contributed by atoms with Gasteiger partial charge in [-0.3, -0.25) is 4.98 Å². The summed E-state index contributed by atoms with van der Waals surface area (Å²) in [5.41, 5.74) is 9.23. The minimum Gasteiger partial charge on any atom is -0.398 e. The molecule has 0 radical (unpaired) electrons. The highest BCUT2D eigenvalue weighted by molar-refractivity contribution is 9.10. The molecule has 2 aliphatic rings. The molecule has 2 saturated carbocycles. The number of hydrogen-bond donors (Lipinski definition) is 1. The first-order valence-electron chi connectivity index (χ1n) is 7.33. The zero-order valence-corrected chi connectivity index (χ0v) is 12.9. The third kappa shape index (κ3) is 2.26. The summed E-state index contributed by atoms with van der Waals surface area (Å²) in [7, 11) is 0. The van der Waals surface area contributed by atoms with Crippen molar-refractivity contribution in [3.05, 3.63) is 28.9 Å². The molecule has 0 unspecified atom stereocenters. The first kappa shape index (κ1) is 12.5. The highest BCUT2D eigenvalue weighted by Crippen LogP contribution is 2.40. The van der Waals surface area contributed by atoms with Gasteiger partial charge in [-0.2, -0.15) is 0 Å². The highest BCUT2D eigenvalue weighted by Gasteiger charge is 2.34. The number of anilines is 2. The molecule has 0 atom stereocenters. The molecule has 2 fully saturated rings. The molecule has 1 heterocycles. The number of aromatic nitrogens is 1. The summed E-state index contributed by atoms with van der Waals surface area (Å²) in [5, 5.41) is 1.05. The number of nitrogens with two attached hydrogens (primary N) is 1. The van der Waals surface area contributed by atoms with Crippen LogP contribution in [0.1, 0.15) is 25.7 Å². The third-order valence-corrected chi connectivity index (χ3v) is 4.71. The smallest absolute Gasteiger partial charge is 0.0956 e. The Morgan fingerprint density at radius 2 is 2.05 bits per heavy atom. The van der Waals surface area contributed by atoms with Crippen molar-refractivity contribution in [2.45, 2.75) is 31.7 Å². The van der Waals surface area contributed by atoms with E-state index in [1.165, 1.54) is 37.9 Å². The van der Waals surface area contributed by atoms with E-state index < -0.39 is 0 Å². The number of nitrogen functional groups attached to an aromatic ring is 1. The summed E-state index contributed by atoms with van der Waals surface area (Å²) in [6, 6.07) is 6.96. The SMILES string of the molecule is Nc1ccc(N(CC2CC2)C2CC2)c2ncc(Br)cc12. The highest BCUT2D eigenvalue weighted by atomic mass is 79.9. The molecule has 1 aromatic carbocycles. The van der Waals surface area contributed by atoms with Gasteiger partial charge in [0.15, 0.2) is 0 Å². The first-order chi connectivity index (χ1) is 9.72. The maximum Gasteiger partial charge on any atom is 0.0956 e. The molecule has 0 bridgehead atoms. The van der Waals surface area contributed by atoms with Crippen LogP contribution in [0.4, 0.5) is 11.4 Å². The largest absolute Gasteiger partial charge is 0.398 e. The van der Waals surface area contributed by atoms with Crippen molar-refractivity contribution in [1.29, 1.82) is 0 Å². The predicted octanol–water partition coefficient (Wildman–Crippen LogP) is 3.96. The lowest BCUT2D eigenvalue weighted by Crippen LogP contribution is -2.28. The van der Waals surface area contributed by atoms with Crippen LogP contribution in [-0.4, -0.2) is 17.6 Å². The summed E-state index contributed by atoms with van der Waals surface area (Å²) >= 11 is 3.49. The summed E-state index contributed by atoms with van der Waals surface area (Å²) in [6.07, 6.45) is 7.27. The zero-order valence-electron chi connectivity index (χ0n) is 11.3. The van der Waals surface area contributed by atoms with E-state index in [-0.39, 0.29) is 0 Å². The van der Waals surface area contributed by atoms with Gasteiger partial charge in [-0.1, -0.05) is 0 Å². The lowest BCUT2D eigenvalue weighted by molar-refractivity contribution is 0.720. The van der Waals surface area contributed by atoms with Gasteiger partial charge >= 0.3 is 0 Å². The molecule has 104 valence electrons. The molecule has 2 aromatic rings. The number of fused-ring (bicyclic) bond motifs is 1. The van der Waals surface area contributed by atoms with Gasteiger partial charge in [-0.05, 0) is 65.7 Å². The average Bonchev–Trinajstić information content (AvgIpc) is 3.31. The number of pyridine rings is 1. The van der Waals surface area contributed by atoms with Crippen molar-refractivity contribution >= 4 is 38.2 Å². The van der Waals surface area contributed by atoms with Gasteiger partial charge in [0.25, 0.3) is 0 Å². The zero-order chi connectivity index (χ0) is 13.7. The Hall–Kier alpha value is -1.29. The fourth-order valence-corrected chi connectivity index (χ4v) is 3.17. The molecule has 2 N–H and O–H groups in total. The third-order valence-electron chi connectivity index (χ3n) is 4.28. The number of nitrogens with zero attached hydrogens (tertiary/aromatic N) is 2. The number of halogens is 1. The van der Waals surface area contributed by atoms with Crippen molar-refractivity contribution < 1.29 is 0 Å². The molecule has 4 rings (SSSR count). The van der Waals surface area contributed by atoms with E-state index in [4.69, 9.17) is 5.73 Å². The molecule has 0 amide bonds. The molecule has 1 aromatic heterocycles. The van der Waals surface area contributed by atoms with Crippen molar-refractivity contribution in [3.63, 3.8) is 0 Å². The van der Waals surface area contributed by atoms with Crippen LogP contribution in [0.2, 0.25) is 0 Å². The molecule has 3 nitrogen and oxygen atoms in total. The quantitative estimate of drug-likeness (QED) is 0.862. The van der Waals surface area contributed by atoms with Crippen LogP contribution >= 0.6 is 15.9 Å². The first-order valence-corrected chi connectivity index (χ1v) is 8.12. The second kappa shape index (κ2) is 4.62. The maximum atomic E-state index is 6.12. The molecule has 0 aliphatic heterocycles. The molecule has 2 aliphatic carbocycles. The standard InChI is InChI=1S/C16H18BrN3/c17-11-7-13-14(18)5-6-15(16(13)19-8-11)20(12-3-4-12)9-10-1-2-10/h5-8,10,12H,1-4,9,18H2. The van der Waals surface area contributed by atoms with E-state index in [9.17, 15) is 0 Å². The Morgan fingerprint density at radius 1 is 1.25 bits per heavy atom. The van der Waals surface area contributed by atoms with E-state index in [1.807, 2.05) is 12.3 Å². The van der Waals surface area contributed by atoms with Crippen LogP contribution in [0, 0.1) is 5.92 Å². The second-order valence-corrected chi connectivity index (χ2v) is 6.97. The van der Waals surface area contributed by atoms with Gasteiger partial charge in [0.2, 0.25) is 0 Å². The number of hydrogen-bond acceptors (Lipinski definition) is 3. The predicted molar refractivity (Wildman–Crippen MR) is 86.9 cm³/mol. The normalized spacial score (nSPS) is 18.4. The van der Waals surface area contributed by atoms with E-state index in [2.05, 4.69) is 37.9 Å². The van der Waals surface area contributed by atoms with Gasteiger partial charge in [0.1, 0.15) is 0 Å². The fourth-order valence-electron chi connectivity index (χ4n) is 2.84. The Morgan fingerprint density at radius 3 is 2.75 bits per heavy atom. The van der Waals surface area contributed by atoms with Crippen LogP contribution in [0.15, 0.2) is 28.9 Å². The Labute approximate surface area is 127 Å². The Bertz CT molecular complexity index is 662. The van der Waals surface area contributed by atoms with Crippen molar-refractivity contribution in [2.75, 3.05) is 17.2 Å². The molecular weight excluding hydrogens is 314 g/mol. The molecule has 0 spiro atoms. The lowest BCUT2D eigenvalue weighted by atomic mass is 10.1. The van der Waals surface area contributed by atoms with E-state index in [1.54, 1.807) is 0 Å². The fraction of sp³-hybridized carbons (Fsp3) is 0.438. The average molecular weight is 332 g/mol. The van der Waals surface area contributed by atoms with Crippen LogP contribution in [0.3, 0.4) is 0 Å². The minimum atomic E-state index is 0.716. The minimum absolute atomic E-state index is 0.716. The van der Waals surface area contributed by atoms with Crippen molar-refractivity contribution in [3.8, 4) is 0 Å². The van der Waals surface area contributed by atoms with Crippen molar-refractivity contribution in [2.24, 2.45) is 5.92 Å². The van der Waals surface area contributed by atoms with Crippen LogP contribution in [0.5, 0.6) is 0 Å². The topological polar surface area (TPSA) is 42.1 Å². The summed E-state index contributed by atoms with van der Waals surface area (Å²) in [4.78, 5) is 7.20. The molecular formula is C16H18BrN3. The van der Waals surface area contributed by atoms with E-state index in [0.717, 1.165) is 27.0 Å². The molecule has 0 saturated heterocycles. The monoisotopic (exact) mass is 331 g/mol. The second-order valence-electron chi connectivity index (χ2n) is 6.05. The van der Waals surface area contributed by atoms with Crippen molar-refractivity contribution in [1.82, 2.24) is 4.98 Å². The van der Waals surface area contributed by atoms with Gasteiger partial charge in [-0.25, -0.2) is 0 Å². The summed E-state index contributed by atoms with van der Waals surface area (Å²) < 4.78 is 0.981. The molecule has 4 heteroatoms. The van der Waals surface area contributed by atoms with Crippen LogP contribution in [-0.2, 0) is 0 Å². The Balaban J connectivity index is 1.82. The van der Waals surface area contributed by atoms with E-state index in [0.29, 0.717) is 6.04 Å². The van der Waals surface area contributed by atoms with Gasteiger partial charge < -0.3 is 10.6 Å². The van der Waals surface area contributed by atoms with Crippen LogP contribution < -0.4 is 10.6 Å². The number of rotatable bonds is 4. The lowest BCUT2D eigenvalue weighted by Gasteiger charge is -2.26. The van der Waals surface area contributed by atoms with Gasteiger partial charge in [0, 0.05) is 34.3 Å². The summed E-state index contributed by atoms with van der Waals surface area (Å²) in [6.45, 7) is 1.18. The molecule has 20 heavy (non-hydrogen) atoms. The van der Waals surface area contributed by atoms with E-state index >= 15 is 0 Å². The summed E-state index contributed by atoms with van der Waals surface area (Å²) in [5.74, 6) is 0.888. The maximum absolute atomic E-state index is 6.12. The number of benzene rings is 1. The van der Waals surface area contributed by atoms with Crippen LogP contribution in [0.25, 0.3) is 10.9 Å². The van der Waals surface area contributed by atoms with Gasteiger partial charge in [-0.15, -0.1) is 0 Å². The van der Waals surface area contributed by atoms with Gasteiger partial charge in [0.05, 0.1) is 11.2 Å². The Kier molecular flexibility index (Phi) is 2.88.